The largest absolute Gasteiger partial charge is 0.355 e. The molecule has 1 amide bonds. The molecule has 0 spiro atoms. The van der Waals surface area contributed by atoms with E-state index in [2.05, 4.69) is 24.1 Å². The number of hydrogen-bond donors (Lipinski definition) is 1. The molecule has 0 bridgehead atoms. The number of nitrogens with one attached hydrogen (secondary N) is 1. The molecule has 0 aliphatic carbocycles. The van der Waals surface area contributed by atoms with Gasteiger partial charge in [-0.15, -0.1) is 0 Å². The highest BCUT2D eigenvalue weighted by molar-refractivity contribution is 8.13. The molecule has 8 heteroatoms. The predicted octanol–water partition coefficient (Wildman–Crippen LogP) is 1.28. The number of rotatable bonds is 6. The van der Waals surface area contributed by atoms with Crippen LogP contribution in [0.25, 0.3) is 0 Å². The van der Waals surface area contributed by atoms with Crippen LogP contribution in [0, 0.1) is 12.8 Å². The number of carbonyl (C=O) groups excluding carboxylic acids is 1. The SMILES string of the molecule is Cc1nc(S(=O)(=O)Cl)cn1CC(=O)NCCC(C)C. The van der Waals surface area contributed by atoms with Crippen molar-refractivity contribution in [1.29, 1.82) is 0 Å². The van der Waals surface area contributed by atoms with Crippen molar-refractivity contribution in [2.24, 2.45) is 5.92 Å². The standard InChI is InChI=1S/C11H18ClN3O3S/c1-8(2)4-5-13-10(16)6-15-7-11(14-9(15)3)19(12,17)18/h7-8H,4-6H2,1-3H3,(H,13,16). The molecule has 0 atom stereocenters. The lowest BCUT2D eigenvalue weighted by Crippen LogP contribution is -2.29. The highest BCUT2D eigenvalue weighted by Gasteiger charge is 2.17. The van der Waals surface area contributed by atoms with Gasteiger partial charge in [0.05, 0.1) is 0 Å². The molecule has 1 rings (SSSR count). The van der Waals surface area contributed by atoms with Gasteiger partial charge in [0.2, 0.25) is 5.91 Å². The van der Waals surface area contributed by atoms with E-state index in [0.29, 0.717) is 18.3 Å². The number of aryl methyl sites for hydroxylation is 1. The molecule has 19 heavy (non-hydrogen) atoms. The molecule has 1 N–H and O–H groups in total. The summed E-state index contributed by atoms with van der Waals surface area (Å²) in [5.74, 6) is 0.765. The fourth-order valence-electron chi connectivity index (χ4n) is 1.47. The summed E-state index contributed by atoms with van der Waals surface area (Å²) in [5, 5.41) is 2.53. The van der Waals surface area contributed by atoms with E-state index in [1.54, 1.807) is 6.92 Å². The van der Waals surface area contributed by atoms with Gasteiger partial charge in [0, 0.05) is 23.4 Å². The zero-order valence-corrected chi connectivity index (χ0v) is 12.8. The number of aromatic nitrogens is 2. The Morgan fingerprint density at radius 2 is 2.16 bits per heavy atom. The van der Waals surface area contributed by atoms with Crippen LogP contribution in [-0.4, -0.2) is 30.4 Å². The van der Waals surface area contributed by atoms with Crippen LogP contribution in [0.2, 0.25) is 0 Å². The highest BCUT2D eigenvalue weighted by Crippen LogP contribution is 2.13. The number of hydrogen-bond acceptors (Lipinski definition) is 4. The van der Waals surface area contributed by atoms with Crippen molar-refractivity contribution < 1.29 is 13.2 Å². The molecular formula is C11H18ClN3O3S. The van der Waals surface area contributed by atoms with Gasteiger partial charge in [0.1, 0.15) is 12.4 Å². The average molecular weight is 308 g/mol. The maximum atomic E-state index is 11.7. The van der Waals surface area contributed by atoms with Gasteiger partial charge < -0.3 is 9.88 Å². The molecule has 0 fully saturated rings. The number of amides is 1. The molecule has 0 aromatic carbocycles. The summed E-state index contributed by atoms with van der Waals surface area (Å²) in [6.45, 7) is 6.40. The van der Waals surface area contributed by atoms with Crippen LogP contribution in [0.15, 0.2) is 11.2 Å². The Morgan fingerprint density at radius 3 is 2.63 bits per heavy atom. The zero-order valence-electron chi connectivity index (χ0n) is 11.2. The Kier molecular flexibility index (Phi) is 5.37. The summed E-state index contributed by atoms with van der Waals surface area (Å²) in [5.41, 5.74) is 0. The highest BCUT2D eigenvalue weighted by atomic mass is 35.7. The van der Waals surface area contributed by atoms with Crippen molar-refractivity contribution in [2.45, 2.75) is 38.8 Å². The lowest BCUT2D eigenvalue weighted by Gasteiger charge is -2.08. The summed E-state index contributed by atoms with van der Waals surface area (Å²) in [4.78, 5) is 15.5. The van der Waals surface area contributed by atoms with Crippen molar-refractivity contribution in [2.75, 3.05) is 6.54 Å². The normalized spacial score (nSPS) is 11.8. The van der Waals surface area contributed by atoms with Gasteiger partial charge in [0.15, 0.2) is 5.03 Å². The number of halogens is 1. The smallest absolute Gasteiger partial charge is 0.280 e. The third-order valence-corrected chi connectivity index (χ3v) is 3.73. The Morgan fingerprint density at radius 1 is 1.53 bits per heavy atom. The molecule has 0 saturated heterocycles. The Balaban J connectivity index is 2.62. The lowest BCUT2D eigenvalue weighted by molar-refractivity contribution is -0.121. The molecule has 1 aromatic heterocycles. The van der Waals surface area contributed by atoms with Gasteiger partial charge in [-0.1, -0.05) is 13.8 Å². The average Bonchev–Trinajstić information content (AvgIpc) is 2.59. The monoisotopic (exact) mass is 307 g/mol. The first kappa shape index (κ1) is 16.0. The third-order valence-electron chi connectivity index (χ3n) is 2.56. The maximum Gasteiger partial charge on any atom is 0.280 e. The van der Waals surface area contributed by atoms with Crippen LogP contribution in [0.5, 0.6) is 0 Å². The van der Waals surface area contributed by atoms with Gasteiger partial charge in [-0.3, -0.25) is 4.79 Å². The second kappa shape index (κ2) is 6.38. The van der Waals surface area contributed by atoms with Crippen molar-refractivity contribution >= 4 is 25.6 Å². The minimum absolute atomic E-state index is 0.0311. The first-order valence-corrected chi connectivity index (χ1v) is 8.26. The van der Waals surface area contributed by atoms with Crippen LogP contribution in [0.1, 0.15) is 26.1 Å². The molecule has 0 aliphatic heterocycles. The van der Waals surface area contributed by atoms with Crippen LogP contribution in [-0.2, 0) is 20.4 Å². The predicted molar refractivity (Wildman–Crippen MR) is 72.5 cm³/mol. The summed E-state index contributed by atoms with van der Waals surface area (Å²) >= 11 is 0. The van der Waals surface area contributed by atoms with E-state index < -0.39 is 9.05 Å². The second-order valence-electron chi connectivity index (χ2n) is 4.72. The fraction of sp³-hybridized carbons (Fsp3) is 0.636. The first-order valence-electron chi connectivity index (χ1n) is 5.95. The summed E-state index contributed by atoms with van der Waals surface area (Å²) < 4.78 is 23.7. The van der Waals surface area contributed by atoms with E-state index in [-0.39, 0.29) is 17.5 Å². The molecule has 108 valence electrons. The van der Waals surface area contributed by atoms with Crippen LogP contribution in [0.3, 0.4) is 0 Å². The van der Waals surface area contributed by atoms with E-state index in [0.717, 1.165) is 6.42 Å². The minimum atomic E-state index is -3.86. The molecule has 1 heterocycles. The van der Waals surface area contributed by atoms with Gasteiger partial charge >= 0.3 is 0 Å². The van der Waals surface area contributed by atoms with Gasteiger partial charge in [0.25, 0.3) is 9.05 Å². The molecular weight excluding hydrogens is 290 g/mol. The van der Waals surface area contributed by atoms with Gasteiger partial charge in [-0.2, -0.15) is 0 Å². The van der Waals surface area contributed by atoms with E-state index in [1.165, 1.54) is 10.8 Å². The number of imidazole rings is 1. The summed E-state index contributed by atoms with van der Waals surface area (Å²) in [6, 6.07) is 0. The molecule has 0 unspecified atom stereocenters. The lowest BCUT2D eigenvalue weighted by atomic mass is 10.1. The topological polar surface area (TPSA) is 81.1 Å². The summed E-state index contributed by atoms with van der Waals surface area (Å²) in [7, 11) is 1.33. The Bertz CT molecular complexity index is 552. The first-order chi connectivity index (χ1) is 8.70. The molecule has 0 radical (unpaired) electrons. The fourth-order valence-corrected chi connectivity index (χ4v) is 2.19. The second-order valence-corrected chi connectivity index (χ2v) is 7.24. The van der Waals surface area contributed by atoms with Crippen molar-refractivity contribution in [1.82, 2.24) is 14.9 Å². The summed E-state index contributed by atoms with van der Waals surface area (Å²) in [6.07, 6.45) is 2.16. The Hall–Kier alpha value is -1.08. The van der Waals surface area contributed by atoms with E-state index >= 15 is 0 Å². The van der Waals surface area contributed by atoms with E-state index in [1.807, 2.05) is 0 Å². The van der Waals surface area contributed by atoms with E-state index in [9.17, 15) is 13.2 Å². The minimum Gasteiger partial charge on any atom is -0.355 e. The zero-order chi connectivity index (χ0) is 14.6. The van der Waals surface area contributed by atoms with Crippen LogP contribution >= 0.6 is 10.7 Å². The van der Waals surface area contributed by atoms with Crippen molar-refractivity contribution in [3.63, 3.8) is 0 Å². The maximum absolute atomic E-state index is 11.7. The quantitative estimate of drug-likeness (QED) is 0.803. The van der Waals surface area contributed by atoms with Crippen LogP contribution < -0.4 is 5.32 Å². The van der Waals surface area contributed by atoms with Crippen LogP contribution in [0.4, 0.5) is 0 Å². The van der Waals surface area contributed by atoms with Crippen molar-refractivity contribution in [3.05, 3.63) is 12.0 Å². The van der Waals surface area contributed by atoms with Crippen molar-refractivity contribution in [3.8, 4) is 0 Å². The molecule has 0 saturated carbocycles. The molecule has 0 aliphatic rings. The molecule has 1 aromatic rings. The third kappa shape index (κ3) is 5.20. The van der Waals surface area contributed by atoms with Gasteiger partial charge in [-0.05, 0) is 19.3 Å². The van der Waals surface area contributed by atoms with Gasteiger partial charge in [-0.25, -0.2) is 13.4 Å². The Labute approximate surface area is 117 Å². The van der Waals surface area contributed by atoms with E-state index in [4.69, 9.17) is 10.7 Å². The number of carbonyl (C=O) groups is 1. The number of nitrogens with zero attached hydrogens (tertiary/aromatic N) is 2. The molecule has 6 nitrogen and oxygen atoms in total.